The Bertz CT molecular complexity index is 2360. The quantitative estimate of drug-likeness (QED) is 0.0195. The maximum atomic E-state index is 12.9. The van der Waals surface area contributed by atoms with Crippen molar-refractivity contribution in [1.29, 1.82) is 0 Å². The molecule has 9 nitrogen and oxygen atoms in total. The molecule has 0 bridgehead atoms. The standard InChI is InChI=1S/C82H128NO8P/c1-6-8-10-12-14-16-18-20-22-24-26-28-30-32-34-36-37-38-39-40-41-42-43-44-45-47-49-51-53-55-57-59-61-63-65-67-69-71-73-75-82(85)91-80(79-90-92(86,87)89-77-76-83(3,4)5)78-88-81(84)74-72-70-68-66-64-62-60-58-56-54-52-50-48-46-35-33-31-29-27-25-23-21-19-17-15-13-11-9-7-2/h8-11,14-17,20-23,26-29,32-35,37-38,40-41,43-44,47-50,53,55,59,61,65,67,80H,6-7,12-13,18-19,24-25,30-31,36,39,42,45-46,51-52,54,56-58,60,62-64,66,68-79H2,1-5H3/b10-8-,11-9-,16-14-,17-15-,22-20-,23-21-,28-26-,29-27-,34-32-,35-33-,38-37-,41-40-,44-43-,49-47-,50-48-,55-53-,61-59-,67-65-. The molecule has 2 unspecified atom stereocenters. The third kappa shape index (κ3) is 73.4. The molecular weight excluding hydrogens is 1160 g/mol. The van der Waals surface area contributed by atoms with Gasteiger partial charge in [0.2, 0.25) is 0 Å². The van der Waals surface area contributed by atoms with E-state index in [0.29, 0.717) is 23.9 Å². The number of likely N-dealkylation sites (N-methyl/N-ethyl adjacent to an activating group) is 1. The summed E-state index contributed by atoms with van der Waals surface area (Å²) in [7, 11) is 1.10. The van der Waals surface area contributed by atoms with Gasteiger partial charge >= 0.3 is 11.9 Å². The second kappa shape index (κ2) is 69.7. The van der Waals surface area contributed by atoms with Gasteiger partial charge in [-0.15, -0.1) is 0 Å². The number of quaternary nitrogens is 1. The van der Waals surface area contributed by atoms with E-state index in [9.17, 15) is 19.0 Å². The van der Waals surface area contributed by atoms with Crippen LogP contribution in [-0.2, 0) is 32.7 Å². The summed E-state index contributed by atoms with van der Waals surface area (Å²) in [5.74, 6) is -0.907. The highest BCUT2D eigenvalue weighted by atomic mass is 31.2. The summed E-state index contributed by atoms with van der Waals surface area (Å²) in [6, 6.07) is 0. The van der Waals surface area contributed by atoms with Gasteiger partial charge in [0.05, 0.1) is 27.7 Å². The van der Waals surface area contributed by atoms with Crippen LogP contribution in [0.1, 0.15) is 232 Å². The second-order valence-corrected chi connectivity index (χ2v) is 25.2. The summed E-state index contributed by atoms with van der Waals surface area (Å²) in [4.78, 5) is 38.1. The number of hydrogen-bond donors (Lipinski definition) is 0. The van der Waals surface area contributed by atoms with E-state index >= 15 is 0 Å². The molecule has 0 aliphatic heterocycles. The van der Waals surface area contributed by atoms with E-state index < -0.39 is 32.5 Å². The third-order valence-corrected chi connectivity index (χ3v) is 15.0. The van der Waals surface area contributed by atoms with Gasteiger partial charge in [0.15, 0.2) is 6.10 Å². The number of nitrogens with zero attached hydrogens (tertiary/aromatic N) is 1. The van der Waals surface area contributed by atoms with Crippen molar-refractivity contribution < 1.29 is 42.1 Å². The first-order chi connectivity index (χ1) is 45.0. The first kappa shape index (κ1) is 86.3. The van der Waals surface area contributed by atoms with Crippen molar-refractivity contribution in [3.63, 3.8) is 0 Å². The van der Waals surface area contributed by atoms with Gasteiger partial charge in [-0.3, -0.25) is 14.2 Å². The van der Waals surface area contributed by atoms with Crippen LogP contribution in [0.5, 0.6) is 0 Å². The summed E-state index contributed by atoms with van der Waals surface area (Å²) in [5.41, 5.74) is 0. The number of carbonyl (C=O) groups excluding carboxylic acids is 2. The Kier molecular flexibility index (Phi) is 65.4. The maximum Gasteiger partial charge on any atom is 0.306 e. The largest absolute Gasteiger partial charge is 0.756 e. The zero-order valence-corrected chi connectivity index (χ0v) is 59.3. The van der Waals surface area contributed by atoms with E-state index in [2.05, 4.69) is 233 Å². The number of hydrogen-bond acceptors (Lipinski definition) is 8. The highest BCUT2D eigenvalue weighted by Gasteiger charge is 2.22. The summed E-state index contributed by atoms with van der Waals surface area (Å²) < 4.78 is 34.2. The van der Waals surface area contributed by atoms with E-state index in [-0.39, 0.29) is 26.1 Å². The average Bonchev–Trinajstić information content (AvgIpc) is 2.14. The molecule has 0 amide bonds. The number of esters is 2. The number of phosphoric acid groups is 1. The second-order valence-electron chi connectivity index (χ2n) is 23.8. The Morgan fingerprint density at radius 2 is 0.587 bits per heavy atom. The van der Waals surface area contributed by atoms with Crippen molar-refractivity contribution in [3.05, 3.63) is 219 Å². The Morgan fingerprint density at radius 1 is 0.337 bits per heavy atom. The molecule has 0 spiro atoms. The van der Waals surface area contributed by atoms with E-state index in [1.54, 1.807) is 0 Å². The van der Waals surface area contributed by atoms with Gasteiger partial charge in [-0.25, -0.2) is 0 Å². The summed E-state index contributed by atoms with van der Waals surface area (Å²) >= 11 is 0. The van der Waals surface area contributed by atoms with Gasteiger partial charge in [0.1, 0.15) is 19.8 Å². The minimum atomic E-state index is -4.67. The van der Waals surface area contributed by atoms with Crippen molar-refractivity contribution in [2.24, 2.45) is 0 Å². The maximum absolute atomic E-state index is 12.9. The number of carbonyl (C=O) groups is 2. The Balaban J connectivity index is 4.24. The molecule has 514 valence electrons. The highest BCUT2D eigenvalue weighted by Crippen LogP contribution is 2.38. The SMILES string of the molecule is CC/C=C\C/C=C\C/C=C\C/C=C\C/C=C\C/C=C\C/C=C\C/C=C\C/C=C\C/C=C\C/C=C\C/C=C\CCCCC(=O)OC(COC(=O)CCCCCCCCCCCC/C=C\C/C=C\C/C=C\C/C=C\C/C=C\C/C=C\CC)COP(=O)([O-])OCC[N+](C)(C)C. The Labute approximate surface area is 563 Å². The molecule has 0 saturated carbocycles. The van der Waals surface area contributed by atoms with Crippen molar-refractivity contribution in [1.82, 2.24) is 0 Å². The molecule has 0 aliphatic rings. The fourth-order valence-electron chi connectivity index (χ4n) is 8.64. The molecule has 0 aromatic heterocycles. The molecule has 10 heteroatoms. The van der Waals surface area contributed by atoms with Crippen molar-refractivity contribution in [3.8, 4) is 0 Å². The number of unbranched alkanes of at least 4 members (excludes halogenated alkanes) is 12. The highest BCUT2D eigenvalue weighted by molar-refractivity contribution is 7.45. The van der Waals surface area contributed by atoms with E-state index in [0.717, 1.165) is 154 Å². The minimum Gasteiger partial charge on any atom is -0.756 e. The molecular formula is C82H128NO8P. The molecule has 0 aromatic rings. The molecule has 0 N–H and O–H groups in total. The van der Waals surface area contributed by atoms with Crippen LogP contribution in [0.25, 0.3) is 0 Å². The van der Waals surface area contributed by atoms with Gasteiger partial charge < -0.3 is 27.9 Å². The number of allylic oxidation sites excluding steroid dienone is 36. The Morgan fingerprint density at radius 3 is 0.891 bits per heavy atom. The van der Waals surface area contributed by atoms with Crippen LogP contribution in [0.3, 0.4) is 0 Å². The monoisotopic (exact) mass is 1290 g/mol. The third-order valence-electron chi connectivity index (χ3n) is 14.0. The first-order valence-corrected chi connectivity index (χ1v) is 36.9. The van der Waals surface area contributed by atoms with E-state index in [4.69, 9.17) is 18.5 Å². The van der Waals surface area contributed by atoms with Crippen LogP contribution in [0.15, 0.2) is 219 Å². The summed E-state index contributed by atoms with van der Waals surface area (Å²) in [5, 5.41) is 0. The van der Waals surface area contributed by atoms with E-state index in [1.165, 1.54) is 38.5 Å². The average molecular weight is 1290 g/mol. The lowest BCUT2D eigenvalue weighted by Gasteiger charge is -2.28. The van der Waals surface area contributed by atoms with Crippen LogP contribution in [-0.4, -0.2) is 70.0 Å². The first-order valence-electron chi connectivity index (χ1n) is 35.4. The van der Waals surface area contributed by atoms with Crippen molar-refractivity contribution in [2.45, 2.75) is 238 Å². The lowest BCUT2D eigenvalue weighted by Crippen LogP contribution is -2.37. The predicted molar refractivity (Wildman–Crippen MR) is 396 cm³/mol. The molecule has 0 fully saturated rings. The minimum absolute atomic E-state index is 0.0527. The molecule has 0 aromatic carbocycles. The number of phosphoric ester groups is 1. The van der Waals surface area contributed by atoms with Gasteiger partial charge in [-0.1, -0.05) is 284 Å². The smallest absolute Gasteiger partial charge is 0.306 e. The lowest BCUT2D eigenvalue weighted by atomic mass is 10.1. The Hall–Kier alpha value is -5.67. The van der Waals surface area contributed by atoms with Crippen LogP contribution in [0.4, 0.5) is 0 Å². The van der Waals surface area contributed by atoms with Gasteiger partial charge in [-0.05, 0) is 154 Å². The lowest BCUT2D eigenvalue weighted by molar-refractivity contribution is -0.870. The number of rotatable bonds is 62. The summed E-state index contributed by atoms with van der Waals surface area (Å²) in [6.07, 6.45) is 112. The molecule has 0 saturated heterocycles. The molecule has 0 heterocycles. The fourth-order valence-corrected chi connectivity index (χ4v) is 9.37. The zero-order chi connectivity index (χ0) is 66.9. The van der Waals surface area contributed by atoms with Crippen LogP contribution >= 0.6 is 7.82 Å². The van der Waals surface area contributed by atoms with Gasteiger partial charge in [-0.2, -0.15) is 0 Å². The van der Waals surface area contributed by atoms with Crippen LogP contribution in [0, 0.1) is 0 Å². The zero-order valence-electron chi connectivity index (χ0n) is 58.4. The predicted octanol–water partition coefficient (Wildman–Crippen LogP) is 23.0. The van der Waals surface area contributed by atoms with Crippen molar-refractivity contribution >= 4 is 19.8 Å². The van der Waals surface area contributed by atoms with Crippen LogP contribution < -0.4 is 4.89 Å². The van der Waals surface area contributed by atoms with Gasteiger partial charge in [0, 0.05) is 12.8 Å². The van der Waals surface area contributed by atoms with Crippen LogP contribution in [0.2, 0.25) is 0 Å². The fraction of sp³-hybridized carbons (Fsp3) is 0.537. The summed E-state index contributed by atoms with van der Waals surface area (Å²) in [6.45, 7) is 3.93. The molecule has 0 aliphatic carbocycles. The molecule has 0 radical (unpaired) electrons. The topological polar surface area (TPSA) is 111 Å². The van der Waals surface area contributed by atoms with Crippen molar-refractivity contribution in [2.75, 3.05) is 47.5 Å². The molecule has 0 rings (SSSR count). The molecule has 92 heavy (non-hydrogen) atoms. The van der Waals surface area contributed by atoms with Gasteiger partial charge in [0.25, 0.3) is 7.82 Å². The van der Waals surface area contributed by atoms with E-state index in [1.807, 2.05) is 21.1 Å². The number of ether oxygens (including phenoxy) is 2. The normalized spacial score (nSPS) is 14.5. The molecule has 2 atom stereocenters.